The molecule has 0 radical (unpaired) electrons. The number of ether oxygens (including phenoxy) is 1. The smallest absolute Gasteiger partial charge is 0.263 e. The standard InChI is InChI=1S/C18H22F2N4O3S/c1-12(17-11-24(2)5-6-27-17)22-18-4-3-16(10-21-18)28(25,26)23-15-8-13(19)7-14(20)9-15/h3-4,7-10,12,17,23H,5-6,11H2,1-2H3,(H,21,22). The lowest BCUT2D eigenvalue weighted by Crippen LogP contribution is -2.47. The van der Waals surface area contributed by atoms with Gasteiger partial charge in [0.1, 0.15) is 22.3 Å². The number of hydrogen-bond acceptors (Lipinski definition) is 6. The van der Waals surface area contributed by atoms with Gasteiger partial charge in [0.25, 0.3) is 10.0 Å². The highest BCUT2D eigenvalue weighted by Gasteiger charge is 2.24. The fourth-order valence-corrected chi connectivity index (χ4v) is 3.88. The normalized spacial score (nSPS) is 19.2. The molecule has 28 heavy (non-hydrogen) atoms. The van der Waals surface area contributed by atoms with E-state index in [1.807, 2.05) is 14.0 Å². The quantitative estimate of drug-likeness (QED) is 0.758. The van der Waals surface area contributed by atoms with E-state index in [2.05, 4.69) is 19.9 Å². The number of halogens is 2. The molecule has 1 aliphatic heterocycles. The lowest BCUT2D eigenvalue weighted by Gasteiger charge is -2.34. The minimum absolute atomic E-state index is 0.00602. The van der Waals surface area contributed by atoms with Crippen molar-refractivity contribution < 1.29 is 21.9 Å². The van der Waals surface area contributed by atoms with Gasteiger partial charge in [-0.25, -0.2) is 22.2 Å². The summed E-state index contributed by atoms with van der Waals surface area (Å²) in [7, 11) is -2.00. The van der Waals surface area contributed by atoms with Crippen LogP contribution in [0.25, 0.3) is 0 Å². The fraction of sp³-hybridized carbons (Fsp3) is 0.389. The summed E-state index contributed by atoms with van der Waals surface area (Å²) in [6.45, 7) is 4.30. The second-order valence-corrected chi connectivity index (χ2v) is 8.43. The average molecular weight is 412 g/mol. The van der Waals surface area contributed by atoms with Crippen molar-refractivity contribution in [2.75, 3.05) is 36.8 Å². The van der Waals surface area contributed by atoms with Crippen LogP contribution in [-0.4, -0.2) is 57.2 Å². The van der Waals surface area contributed by atoms with Crippen molar-refractivity contribution in [3.05, 3.63) is 48.2 Å². The Morgan fingerprint density at radius 2 is 1.96 bits per heavy atom. The number of benzene rings is 1. The molecule has 0 saturated carbocycles. The summed E-state index contributed by atoms with van der Waals surface area (Å²) >= 11 is 0. The van der Waals surface area contributed by atoms with E-state index in [-0.39, 0.29) is 22.7 Å². The predicted octanol–water partition coefficient (Wildman–Crippen LogP) is 2.29. The minimum Gasteiger partial charge on any atom is -0.373 e. The molecule has 1 fully saturated rings. The van der Waals surface area contributed by atoms with E-state index in [0.29, 0.717) is 18.5 Å². The van der Waals surface area contributed by atoms with Crippen LogP contribution >= 0.6 is 0 Å². The van der Waals surface area contributed by atoms with Crippen LogP contribution in [0, 0.1) is 11.6 Å². The number of sulfonamides is 1. The van der Waals surface area contributed by atoms with Gasteiger partial charge in [-0.1, -0.05) is 0 Å². The molecule has 2 unspecified atom stereocenters. The Labute approximate surface area is 162 Å². The summed E-state index contributed by atoms with van der Waals surface area (Å²) in [5, 5.41) is 3.20. The molecular weight excluding hydrogens is 390 g/mol. The van der Waals surface area contributed by atoms with Crippen LogP contribution in [0.3, 0.4) is 0 Å². The summed E-state index contributed by atoms with van der Waals surface area (Å²) in [4.78, 5) is 6.18. The third kappa shape index (κ3) is 5.15. The number of aromatic nitrogens is 1. The number of pyridine rings is 1. The van der Waals surface area contributed by atoms with Crippen LogP contribution in [0.2, 0.25) is 0 Å². The maximum atomic E-state index is 13.2. The predicted molar refractivity (Wildman–Crippen MR) is 102 cm³/mol. The van der Waals surface area contributed by atoms with E-state index < -0.39 is 21.7 Å². The van der Waals surface area contributed by atoms with Crippen molar-refractivity contribution in [3.8, 4) is 0 Å². The van der Waals surface area contributed by atoms with E-state index >= 15 is 0 Å². The van der Waals surface area contributed by atoms with Gasteiger partial charge in [0.2, 0.25) is 0 Å². The number of nitrogens with one attached hydrogen (secondary N) is 2. The molecule has 1 aliphatic rings. The SMILES string of the molecule is CC(Nc1ccc(S(=O)(=O)Nc2cc(F)cc(F)c2)cn1)C1CN(C)CCO1. The van der Waals surface area contributed by atoms with Gasteiger partial charge in [0.15, 0.2) is 0 Å². The Balaban J connectivity index is 1.67. The monoisotopic (exact) mass is 412 g/mol. The molecule has 3 rings (SSSR count). The van der Waals surface area contributed by atoms with Crippen LogP contribution in [0.15, 0.2) is 41.4 Å². The van der Waals surface area contributed by atoms with Crippen molar-refractivity contribution in [2.45, 2.75) is 24.0 Å². The van der Waals surface area contributed by atoms with Crippen LogP contribution in [-0.2, 0) is 14.8 Å². The maximum absolute atomic E-state index is 13.2. The lowest BCUT2D eigenvalue weighted by molar-refractivity contribution is -0.0259. The molecule has 0 spiro atoms. The summed E-state index contributed by atoms with van der Waals surface area (Å²) < 4.78 is 59.2. The number of likely N-dealkylation sites (N-methyl/N-ethyl adjacent to an activating group) is 1. The number of hydrogen-bond donors (Lipinski definition) is 2. The molecule has 152 valence electrons. The van der Waals surface area contributed by atoms with Gasteiger partial charge in [-0.2, -0.15) is 0 Å². The second-order valence-electron chi connectivity index (χ2n) is 6.75. The molecule has 1 saturated heterocycles. The Morgan fingerprint density at radius 3 is 2.57 bits per heavy atom. The summed E-state index contributed by atoms with van der Waals surface area (Å²) in [5.74, 6) is -1.25. The largest absolute Gasteiger partial charge is 0.373 e. The summed E-state index contributed by atoms with van der Waals surface area (Å²) in [5.41, 5.74) is -0.202. The first-order chi connectivity index (χ1) is 13.2. The Kier molecular flexibility index (Phi) is 6.11. The van der Waals surface area contributed by atoms with Crippen molar-refractivity contribution in [3.63, 3.8) is 0 Å². The molecule has 10 heteroatoms. The van der Waals surface area contributed by atoms with Gasteiger partial charge in [0, 0.05) is 25.4 Å². The van der Waals surface area contributed by atoms with E-state index in [1.54, 1.807) is 0 Å². The maximum Gasteiger partial charge on any atom is 0.263 e. The molecule has 1 aromatic heterocycles. The first-order valence-electron chi connectivity index (χ1n) is 8.74. The molecule has 2 aromatic rings. The zero-order chi connectivity index (χ0) is 20.3. The van der Waals surface area contributed by atoms with Gasteiger partial charge < -0.3 is 15.0 Å². The fourth-order valence-electron chi connectivity index (χ4n) is 2.89. The zero-order valence-corrected chi connectivity index (χ0v) is 16.3. The van der Waals surface area contributed by atoms with Gasteiger partial charge in [-0.15, -0.1) is 0 Å². The third-order valence-corrected chi connectivity index (χ3v) is 5.76. The van der Waals surface area contributed by atoms with E-state index in [9.17, 15) is 17.2 Å². The molecular formula is C18H22F2N4O3S. The third-order valence-electron chi connectivity index (χ3n) is 4.39. The molecule has 2 N–H and O–H groups in total. The first-order valence-corrected chi connectivity index (χ1v) is 10.2. The summed E-state index contributed by atoms with van der Waals surface area (Å²) in [6.07, 6.45) is 1.18. The van der Waals surface area contributed by atoms with Gasteiger partial charge in [-0.05, 0) is 38.2 Å². The molecule has 1 aromatic carbocycles. The van der Waals surface area contributed by atoms with Gasteiger partial charge in [0.05, 0.1) is 24.4 Å². The van der Waals surface area contributed by atoms with Crippen molar-refractivity contribution in [1.82, 2.24) is 9.88 Å². The molecule has 0 aliphatic carbocycles. The Morgan fingerprint density at radius 1 is 1.25 bits per heavy atom. The number of anilines is 2. The highest BCUT2D eigenvalue weighted by Crippen LogP contribution is 2.19. The summed E-state index contributed by atoms with van der Waals surface area (Å²) in [6, 6.07) is 5.33. The highest BCUT2D eigenvalue weighted by atomic mass is 32.2. The Hall–Kier alpha value is -2.30. The number of morpholine rings is 1. The number of rotatable bonds is 6. The lowest BCUT2D eigenvalue weighted by atomic mass is 10.1. The van der Waals surface area contributed by atoms with E-state index in [4.69, 9.17) is 4.74 Å². The van der Waals surface area contributed by atoms with Crippen LogP contribution < -0.4 is 10.0 Å². The average Bonchev–Trinajstić information content (AvgIpc) is 2.61. The van der Waals surface area contributed by atoms with Crippen LogP contribution in [0.4, 0.5) is 20.3 Å². The zero-order valence-electron chi connectivity index (χ0n) is 15.5. The highest BCUT2D eigenvalue weighted by molar-refractivity contribution is 7.92. The minimum atomic E-state index is -4.02. The second kappa shape index (κ2) is 8.38. The van der Waals surface area contributed by atoms with E-state index in [1.165, 1.54) is 18.3 Å². The Bertz CT molecular complexity index is 905. The van der Waals surface area contributed by atoms with E-state index in [0.717, 1.165) is 25.2 Å². The van der Waals surface area contributed by atoms with Crippen molar-refractivity contribution >= 4 is 21.5 Å². The molecule has 0 bridgehead atoms. The molecule has 2 atom stereocenters. The van der Waals surface area contributed by atoms with Gasteiger partial charge >= 0.3 is 0 Å². The van der Waals surface area contributed by atoms with Crippen molar-refractivity contribution in [1.29, 1.82) is 0 Å². The van der Waals surface area contributed by atoms with Crippen LogP contribution in [0.1, 0.15) is 6.92 Å². The number of nitrogens with zero attached hydrogens (tertiary/aromatic N) is 2. The molecule has 7 nitrogen and oxygen atoms in total. The molecule has 0 amide bonds. The van der Waals surface area contributed by atoms with Gasteiger partial charge in [-0.3, -0.25) is 4.72 Å². The topological polar surface area (TPSA) is 83.6 Å². The molecule has 2 heterocycles. The van der Waals surface area contributed by atoms with Crippen molar-refractivity contribution in [2.24, 2.45) is 0 Å². The van der Waals surface area contributed by atoms with Crippen LogP contribution in [0.5, 0.6) is 0 Å². The first kappa shape index (κ1) is 20.4.